The zero-order valence-electron chi connectivity index (χ0n) is 37.0. The molecule has 10 aromatic rings. The van der Waals surface area contributed by atoms with Crippen LogP contribution in [0.15, 0.2) is 107 Å². The Labute approximate surface area is 352 Å². The number of fused-ring (bicyclic) bond motifs is 15. The minimum atomic E-state index is -0.0701. The van der Waals surface area contributed by atoms with Gasteiger partial charge in [0.2, 0.25) is 0 Å². The van der Waals surface area contributed by atoms with Crippen molar-refractivity contribution in [3.05, 3.63) is 120 Å². The molecule has 5 nitrogen and oxygen atoms in total. The number of benzene rings is 5. The molecule has 0 spiro atoms. The lowest BCUT2D eigenvalue weighted by Gasteiger charge is -2.42. The lowest BCUT2D eigenvalue weighted by molar-refractivity contribution is 0.570. The standard InChI is InChI=1S/C54H52BN3O2/c1-51(2,3)29-13-17-33(18-14-29)56-41-20-16-31(53(7,8)9)23-38(41)55-39-24-32(54(10,11)12)22-35-34-21-30(52(4,5)6)15-19-40(34)58(47(35)39)50-45-37-26-60-28-43(37)57-42-27-59-25-36(42)44(48(45)57)49(56)46(50)55/h13-28H,1-12H3. The first-order chi connectivity index (χ1) is 28.3. The highest BCUT2D eigenvalue weighted by molar-refractivity contribution is 7.01. The van der Waals surface area contributed by atoms with Gasteiger partial charge < -0.3 is 22.7 Å². The van der Waals surface area contributed by atoms with E-state index < -0.39 is 0 Å². The first kappa shape index (κ1) is 36.0. The van der Waals surface area contributed by atoms with E-state index >= 15 is 0 Å². The Morgan fingerprint density at radius 1 is 0.450 bits per heavy atom. The molecule has 6 heteroatoms. The lowest BCUT2D eigenvalue weighted by atomic mass is 9.33. The van der Waals surface area contributed by atoms with Gasteiger partial charge in [-0.3, -0.25) is 0 Å². The molecule has 5 aromatic heterocycles. The van der Waals surface area contributed by atoms with Crippen molar-refractivity contribution in [1.82, 2.24) is 8.97 Å². The van der Waals surface area contributed by atoms with Crippen molar-refractivity contribution < 1.29 is 8.83 Å². The summed E-state index contributed by atoms with van der Waals surface area (Å²) in [5, 5.41) is 7.33. The summed E-state index contributed by atoms with van der Waals surface area (Å²) >= 11 is 0. The molecule has 0 amide bonds. The van der Waals surface area contributed by atoms with Crippen molar-refractivity contribution in [2.75, 3.05) is 4.90 Å². The largest absolute Gasteiger partial charge is 0.470 e. The summed E-state index contributed by atoms with van der Waals surface area (Å²) in [5.74, 6) is 0. The first-order valence-electron chi connectivity index (χ1n) is 21.7. The molecule has 7 heterocycles. The van der Waals surface area contributed by atoms with E-state index in [2.05, 4.69) is 170 Å². The van der Waals surface area contributed by atoms with Crippen LogP contribution in [-0.4, -0.2) is 15.7 Å². The van der Waals surface area contributed by atoms with Crippen molar-refractivity contribution in [2.24, 2.45) is 0 Å². The number of furan rings is 2. The maximum absolute atomic E-state index is 6.14. The Bertz CT molecular complexity index is 3470. The van der Waals surface area contributed by atoms with Gasteiger partial charge in [-0.2, -0.15) is 0 Å². The van der Waals surface area contributed by atoms with Crippen LogP contribution >= 0.6 is 0 Å². The van der Waals surface area contributed by atoms with E-state index in [1.165, 1.54) is 93.8 Å². The fourth-order valence-corrected chi connectivity index (χ4v) is 10.8. The van der Waals surface area contributed by atoms with Crippen molar-refractivity contribution in [3.8, 4) is 5.69 Å². The third-order valence-corrected chi connectivity index (χ3v) is 14.1. The molecular formula is C54H52BN3O2. The predicted molar refractivity (Wildman–Crippen MR) is 254 cm³/mol. The first-order valence-corrected chi connectivity index (χ1v) is 21.7. The number of hydrogen-bond donors (Lipinski definition) is 0. The summed E-state index contributed by atoms with van der Waals surface area (Å²) in [6.07, 6.45) is 7.77. The Morgan fingerprint density at radius 2 is 0.983 bits per heavy atom. The van der Waals surface area contributed by atoms with Gasteiger partial charge in [-0.1, -0.05) is 119 Å². The molecule has 0 N–H and O–H groups in total. The molecule has 0 unspecified atom stereocenters. The van der Waals surface area contributed by atoms with Crippen LogP contribution in [0.1, 0.15) is 105 Å². The molecule has 0 bridgehead atoms. The Hall–Kier alpha value is -5.88. The van der Waals surface area contributed by atoms with Crippen molar-refractivity contribution in [3.63, 3.8) is 0 Å². The minimum absolute atomic E-state index is 0.00246. The number of aromatic nitrogens is 2. The zero-order valence-corrected chi connectivity index (χ0v) is 37.0. The van der Waals surface area contributed by atoms with Crippen LogP contribution in [0.5, 0.6) is 0 Å². The SMILES string of the molecule is CC(C)(C)c1ccc(N2c3ccc(C(C)(C)C)cc3B3c4c2c2c5cocc5n5c6cocc6c(c4-n4c6ccc(C(C)(C)C)cc6c6cc(C(C)(C)C)cc3c64)c25)cc1. The molecule has 12 rings (SSSR count). The molecule has 0 fully saturated rings. The van der Waals surface area contributed by atoms with Gasteiger partial charge in [-0.15, -0.1) is 0 Å². The highest BCUT2D eigenvalue weighted by atomic mass is 16.3. The summed E-state index contributed by atoms with van der Waals surface area (Å²) in [5.41, 5.74) is 20.1. The molecule has 2 aliphatic rings. The molecule has 0 atom stereocenters. The lowest BCUT2D eigenvalue weighted by Crippen LogP contribution is -2.61. The fraction of sp³-hybridized carbons (Fsp3) is 0.296. The van der Waals surface area contributed by atoms with Crippen molar-refractivity contribution in [1.29, 1.82) is 0 Å². The second kappa shape index (κ2) is 11.1. The minimum Gasteiger partial charge on any atom is -0.470 e. The summed E-state index contributed by atoms with van der Waals surface area (Å²) in [6, 6.07) is 29.0. The molecule has 0 saturated heterocycles. The van der Waals surface area contributed by atoms with E-state index in [0.717, 1.165) is 27.5 Å². The molecule has 2 aliphatic heterocycles. The number of nitrogens with zero attached hydrogens (tertiary/aromatic N) is 3. The quantitative estimate of drug-likeness (QED) is 0.156. The summed E-state index contributed by atoms with van der Waals surface area (Å²) in [6.45, 7) is 27.9. The predicted octanol–water partition coefficient (Wildman–Crippen LogP) is 12.9. The number of anilines is 3. The van der Waals surface area contributed by atoms with Gasteiger partial charge in [0.25, 0.3) is 6.71 Å². The topological polar surface area (TPSA) is 38.9 Å². The van der Waals surface area contributed by atoms with E-state index in [-0.39, 0.29) is 28.4 Å². The molecule has 60 heavy (non-hydrogen) atoms. The van der Waals surface area contributed by atoms with E-state index in [1.807, 2.05) is 25.1 Å². The molecule has 0 radical (unpaired) electrons. The van der Waals surface area contributed by atoms with E-state index in [0.29, 0.717) is 0 Å². The Balaban J connectivity index is 1.36. The molecule has 5 aromatic carbocycles. The highest BCUT2D eigenvalue weighted by Crippen LogP contribution is 2.53. The maximum Gasteiger partial charge on any atom is 0.252 e. The second-order valence-electron chi connectivity index (χ2n) is 22.0. The highest BCUT2D eigenvalue weighted by Gasteiger charge is 2.46. The van der Waals surface area contributed by atoms with E-state index in [1.54, 1.807) is 0 Å². The van der Waals surface area contributed by atoms with Crippen LogP contribution < -0.4 is 21.3 Å². The smallest absolute Gasteiger partial charge is 0.252 e. The molecular weight excluding hydrogens is 733 g/mol. The average Bonchev–Trinajstić information content (AvgIpc) is 4.00. The fourth-order valence-electron chi connectivity index (χ4n) is 10.8. The van der Waals surface area contributed by atoms with Crippen LogP contribution in [0.2, 0.25) is 0 Å². The van der Waals surface area contributed by atoms with Crippen LogP contribution in [0.25, 0.3) is 65.6 Å². The van der Waals surface area contributed by atoms with Gasteiger partial charge in [-0.05, 0) is 96.7 Å². The molecule has 0 aliphatic carbocycles. The van der Waals surface area contributed by atoms with Crippen LogP contribution in [0.4, 0.5) is 17.1 Å². The number of rotatable bonds is 1. The summed E-state index contributed by atoms with van der Waals surface area (Å²) in [7, 11) is 0. The van der Waals surface area contributed by atoms with Gasteiger partial charge in [-0.25, -0.2) is 0 Å². The van der Waals surface area contributed by atoms with Crippen LogP contribution in [0.3, 0.4) is 0 Å². The third-order valence-electron chi connectivity index (χ3n) is 14.1. The van der Waals surface area contributed by atoms with E-state index in [4.69, 9.17) is 8.83 Å². The normalized spacial score (nSPS) is 14.6. The van der Waals surface area contributed by atoms with Gasteiger partial charge in [0.1, 0.15) is 25.1 Å². The zero-order chi connectivity index (χ0) is 41.7. The van der Waals surface area contributed by atoms with E-state index in [9.17, 15) is 0 Å². The summed E-state index contributed by atoms with van der Waals surface area (Å²) < 4.78 is 17.3. The molecule has 0 saturated carbocycles. The Morgan fingerprint density at radius 3 is 1.60 bits per heavy atom. The van der Waals surface area contributed by atoms with Crippen LogP contribution in [0, 0.1) is 0 Å². The monoisotopic (exact) mass is 785 g/mol. The maximum atomic E-state index is 6.14. The van der Waals surface area contributed by atoms with Gasteiger partial charge in [0, 0.05) is 49.2 Å². The van der Waals surface area contributed by atoms with Gasteiger partial charge >= 0.3 is 0 Å². The van der Waals surface area contributed by atoms with Gasteiger partial charge in [0.05, 0.1) is 33.4 Å². The van der Waals surface area contributed by atoms with Crippen LogP contribution in [-0.2, 0) is 21.7 Å². The third kappa shape index (κ3) is 4.49. The van der Waals surface area contributed by atoms with Crippen molar-refractivity contribution >= 4 is 100 Å². The average molecular weight is 786 g/mol. The summed E-state index contributed by atoms with van der Waals surface area (Å²) in [4.78, 5) is 2.59. The van der Waals surface area contributed by atoms with Crippen molar-refractivity contribution in [2.45, 2.75) is 105 Å². The molecule has 298 valence electrons. The number of hydrogen-bond acceptors (Lipinski definition) is 3. The Kier molecular flexibility index (Phi) is 6.65. The van der Waals surface area contributed by atoms with Gasteiger partial charge in [0.15, 0.2) is 0 Å². The second-order valence-corrected chi connectivity index (χ2v) is 22.0.